The number of ether oxygens (including phenoxy) is 1. The van der Waals surface area contributed by atoms with Crippen molar-refractivity contribution in [2.75, 3.05) is 11.8 Å². The molecule has 3 aromatic rings. The average molecular weight is 451 g/mol. The summed E-state index contributed by atoms with van der Waals surface area (Å²) >= 11 is 0. The second-order valence-corrected chi connectivity index (χ2v) is 8.38. The summed E-state index contributed by atoms with van der Waals surface area (Å²) in [5, 5.41) is 3.87. The number of nitrogens with one attached hydrogen (secondary N) is 2. The molecule has 2 N–H and O–H groups in total. The Hall–Kier alpha value is -3.91. The number of sulfonamides is 1. The molecule has 3 rings (SSSR count). The first-order valence-electron chi connectivity index (χ1n) is 9.68. The first kappa shape index (κ1) is 22.8. The number of rotatable bonds is 8. The lowest BCUT2D eigenvalue weighted by Crippen LogP contribution is -2.22. The Morgan fingerprint density at radius 1 is 0.875 bits per heavy atom. The number of hydrogen-bond donors (Lipinski definition) is 2. The predicted molar refractivity (Wildman–Crippen MR) is 123 cm³/mol. The Bertz CT molecular complexity index is 1200. The van der Waals surface area contributed by atoms with E-state index in [1.54, 1.807) is 36.4 Å². The number of carbonyl (C=O) groups excluding carboxylic acids is 2. The first-order valence-corrected chi connectivity index (χ1v) is 11.2. The molecule has 0 aromatic heterocycles. The molecule has 7 nitrogen and oxygen atoms in total. The van der Waals surface area contributed by atoms with E-state index in [1.165, 1.54) is 37.5 Å². The van der Waals surface area contributed by atoms with E-state index < -0.39 is 16.0 Å². The number of benzene rings is 3. The molecule has 0 unspecified atom stereocenters. The van der Waals surface area contributed by atoms with Gasteiger partial charge in [-0.05, 0) is 53.6 Å². The molecule has 3 aromatic carbocycles. The summed E-state index contributed by atoms with van der Waals surface area (Å²) < 4.78 is 31.6. The highest BCUT2D eigenvalue weighted by molar-refractivity contribution is 7.95. The van der Waals surface area contributed by atoms with Crippen LogP contribution in [0.3, 0.4) is 0 Å². The van der Waals surface area contributed by atoms with Crippen molar-refractivity contribution in [3.8, 4) is 0 Å². The fourth-order valence-electron chi connectivity index (χ4n) is 2.78. The normalized spacial score (nSPS) is 11.2. The topological polar surface area (TPSA) is 102 Å². The number of esters is 1. The average Bonchev–Trinajstić information content (AvgIpc) is 2.82. The Labute approximate surface area is 186 Å². The number of anilines is 1. The van der Waals surface area contributed by atoms with E-state index in [0.29, 0.717) is 16.8 Å². The molecule has 0 heterocycles. The highest BCUT2D eigenvalue weighted by Gasteiger charge is 2.09. The van der Waals surface area contributed by atoms with Crippen molar-refractivity contribution in [2.24, 2.45) is 0 Å². The molecule has 164 valence electrons. The molecule has 0 aliphatic heterocycles. The van der Waals surface area contributed by atoms with Gasteiger partial charge in [0.1, 0.15) is 0 Å². The van der Waals surface area contributed by atoms with Crippen molar-refractivity contribution in [2.45, 2.75) is 6.54 Å². The summed E-state index contributed by atoms with van der Waals surface area (Å²) in [4.78, 5) is 23.8. The predicted octanol–water partition coefficient (Wildman–Crippen LogP) is 3.82. The van der Waals surface area contributed by atoms with Gasteiger partial charge < -0.3 is 10.1 Å². The molecule has 0 saturated heterocycles. The monoisotopic (exact) mass is 450 g/mol. The van der Waals surface area contributed by atoms with Gasteiger partial charge in [0, 0.05) is 17.8 Å². The highest BCUT2D eigenvalue weighted by Crippen LogP contribution is 2.13. The Morgan fingerprint density at radius 3 is 2.12 bits per heavy atom. The van der Waals surface area contributed by atoms with E-state index in [1.807, 2.05) is 18.2 Å². The van der Waals surface area contributed by atoms with Crippen LogP contribution in [0.2, 0.25) is 0 Å². The van der Waals surface area contributed by atoms with Gasteiger partial charge in [0.2, 0.25) is 0 Å². The van der Waals surface area contributed by atoms with Crippen molar-refractivity contribution in [3.63, 3.8) is 0 Å². The van der Waals surface area contributed by atoms with Gasteiger partial charge in [-0.3, -0.25) is 9.52 Å². The Morgan fingerprint density at radius 2 is 1.50 bits per heavy atom. The summed E-state index contributed by atoms with van der Waals surface area (Å²) in [6, 6.07) is 21.9. The van der Waals surface area contributed by atoms with Crippen molar-refractivity contribution in [3.05, 3.63) is 107 Å². The Balaban J connectivity index is 1.56. The maximum Gasteiger partial charge on any atom is 0.337 e. The standard InChI is InChI=1S/C24H22N2O5S/c1-31-24(28)21-9-7-19(8-10-21)17-25-23(27)20-11-13-22(14-12-20)26-32(29,30)16-15-18-5-3-2-4-6-18/h2-16,26H,17H2,1H3,(H,25,27)/b16-15+. The molecule has 0 atom stereocenters. The van der Waals surface area contributed by atoms with Crippen LogP contribution in [0.25, 0.3) is 6.08 Å². The molecule has 32 heavy (non-hydrogen) atoms. The molecule has 0 aliphatic carbocycles. The van der Waals surface area contributed by atoms with Crippen molar-refractivity contribution in [1.29, 1.82) is 0 Å². The quantitative estimate of drug-likeness (QED) is 0.508. The lowest BCUT2D eigenvalue weighted by molar-refractivity contribution is 0.0600. The zero-order chi connectivity index (χ0) is 23.0. The van der Waals surface area contributed by atoms with E-state index in [9.17, 15) is 18.0 Å². The van der Waals surface area contributed by atoms with Gasteiger partial charge >= 0.3 is 5.97 Å². The summed E-state index contributed by atoms with van der Waals surface area (Å²) in [6.45, 7) is 0.277. The van der Waals surface area contributed by atoms with Gasteiger partial charge in [0.15, 0.2) is 0 Å². The molecule has 0 radical (unpaired) electrons. The fourth-order valence-corrected chi connectivity index (χ4v) is 3.65. The minimum Gasteiger partial charge on any atom is -0.465 e. The minimum atomic E-state index is -3.69. The van der Waals surface area contributed by atoms with Crippen LogP contribution in [-0.2, 0) is 21.3 Å². The molecule has 0 spiro atoms. The van der Waals surface area contributed by atoms with Gasteiger partial charge in [0.25, 0.3) is 15.9 Å². The molecular formula is C24H22N2O5S. The summed E-state index contributed by atoms with van der Waals surface area (Å²) in [7, 11) is -2.37. The van der Waals surface area contributed by atoms with E-state index in [0.717, 1.165) is 16.5 Å². The number of carbonyl (C=O) groups is 2. The van der Waals surface area contributed by atoms with Crippen LogP contribution >= 0.6 is 0 Å². The zero-order valence-corrected chi connectivity index (χ0v) is 18.1. The van der Waals surface area contributed by atoms with Gasteiger partial charge in [-0.1, -0.05) is 42.5 Å². The van der Waals surface area contributed by atoms with Crippen LogP contribution in [0.4, 0.5) is 5.69 Å². The molecule has 0 fully saturated rings. The third-order valence-electron chi connectivity index (χ3n) is 4.47. The summed E-state index contributed by atoms with van der Waals surface area (Å²) in [6.07, 6.45) is 1.50. The van der Waals surface area contributed by atoms with Crippen LogP contribution < -0.4 is 10.0 Å². The number of methoxy groups -OCH3 is 1. The van der Waals surface area contributed by atoms with E-state index in [-0.39, 0.29) is 12.5 Å². The molecule has 0 bridgehead atoms. The number of amides is 1. The maximum atomic E-state index is 12.4. The van der Waals surface area contributed by atoms with Gasteiger partial charge in [-0.15, -0.1) is 0 Å². The second-order valence-electron chi connectivity index (χ2n) is 6.81. The highest BCUT2D eigenvalue weighted by atomic mass is 32.2. The van der Waals surface area contributed by atoms with Crippen molar-refractivity contribution < 1.29 is 22.7 Å². The zero-order valence-electron chi connectivity index (χ0n) is 17.3. The first-order chi connectivity index (χ1) is 15.4. The van der Waals surface area contributed by atoms with Gasteiger partial charge in [-0.2, -0.15) is 0 Å². The minimum absolute atomic E-state index is 0.277. The van der Waals surface area contributed by atoms with Crippen molar-refractivity contribution >= 4 is 33.7 Å². The van der Waals surface area contributed by atoms with Crippen LogP contribution in [-0.4, -0.2) is 27.4 Å². The fraction of sp³-hybridized carbons (Fsp3) is 0.0833. The SMILES string of the molecule is COC(=O)c1ccc(CNC(=O)c2ccc(NS(=O)(=O)/C=C/c3ccccc3)cc2)cc1. The van der Waals surface area contributed by atoms with Gasteiger partial charge in [0.05, 0.1) is 18.1 Å². The second kappa shape index (κ2) is 10.4. The van der Waals surface area contributed by atoms with E-state index in [2.05, 4.69) is 14.8 Å². The van der Waals surface area contributed by atoms with Crippen molar-refractivity contribution in [1.82, 2.24) is 5.32 Å². The van der Waals surface area contributed by atoms with E-state index in [4.69, 9.17) is 0 Å². The van der Waals surface area contributed by atoms with Crippen LogP contribution in [0.5, 0.6) is 0 Å². The van der Waals surface area contributed by atoms with Crippen LogP contribution in [0.1, 0.15) is 31.8 Å². The van der Waals surface area contributed by atoms with Gasteiger partial charge in [-0.25, -0.2) is 13.2 Å². The van der Waals surface area contributed by atoms with Crippen LogP contribution in [0.15, 0.2) is 84.3 Å². The molecule has 0 aliphatic rings. The molecule has 0 saturated carbocycles. The smallest absolute Gasteiger partial charge is 0.337 e. The maximum absolute atomic E-state index is 12.4. The summed E-state index contributed by atoms with van der Waals surface area (Å²) in [5.74, 6) is -0.729. The lowest BCUT2D eigenvalue weighted by Gasteiger charge is -2.08. The van der Waals surface area contributed by atoms with Crippen LogP contribution in [0, 0.1) is 0 Å². The third kappa shape index (κ3) is 6.55. The lowest BCUT2D eigenvalue weighted by atomic mass is 10.1. The third-order valence-corrected chi connectivity index (χ3v) is 5.49. The Kier molecular flexibility index (Phi) is 7.41. The molecule has 1 amide bonds. The van der Waals surface area contributed by atoms with E-state index >= 15 is 0 Å². The summed E-state index contributed by atoms with van der Waals surface area (Å²) in [5.41, 5.74) is 2.75. The molecule has 8 heteroatoms. The largest absolute Gasteiger partial charge is 0.465 e. The number of hydrogen-bond acceptors (Lipinski definition) is 5. The molecular weight excluding hydrogens is 428 g/mol.